The van der Waals surface area contributed by atoms with Gasteiger partial charge in [0.1, 0.15) is 4.90 Å². The van der Waals surface area contributed by atoms with Gasteiger partial charge in [-0.1, -0.05) is 17.7 Å². The van der Waals surface area contributed by atoms with Gasteiger partial charge in [-0.15, -0.1) is 0 Å². The van der Waals surface area contributed by atoms with Crippen molar-refractivity contribution in [3.05, 3.63) is 28.8 Å². The average Bonchev–Trinajstić information content (AvgIpc) is 2.36. The largest absolute Gasteiger partial charge is 0.389 e. The molecule has 1 aromatic carbocycles. The van der Waals surface area contributed by atoms with Crippen molar-refractivity contribution in [2.24, 2.45) is 5.73 Å². The molecule has 0 bridgehead atoms. The lowest BCUT2D eigenvalue weighted by atomic mass is 10.2. The molecule has 0 aromatic heterocycles. The van der Waals surface area contributed by atoms with Gasteiger partial charge in [-0.2, -0.15) is 13.2 Å². The summed E-state index contributed by atoms with van der Waals surface area (Å²) in [7, 11) is -3.84. The van der Waals surface area contributed by atoms with E-state index in [1.54, 1.807) is 0 Å². The topological polar surface area (TPSA) is 72.2 Å². The molecule has 0 atom stereocenters. The monoisotopic (exact) mass is 344 g/mol. The molecule has 0 radical (unpaired) electrons. The van der Waals surface area contributed by atoms with E-state index in [0.29, 0.717) is 5.56 Å². The number of hydrogen-bond donors (Lipinski definition) is 2. The van der Waals surface area contributed by atoms with Gasteiger partial charge in [0.25, 0.3) is 0 Å². The van der Waals surface area contributed by atoms with Crippen molar-refractivity contribution in [2.45, 2.75) is 36.9 Å². The van der Waals surface area contributed by atoms with Crippen molar-refractivity contribution in [3.63, 3.8) is 0 Å². The van der Waals surface area contributed by atoms with Gasteiger partial charge in [-0.3, -0.25) is 0 Å². The number of unbranched alkanes of at least 4 members (excludes halogenated alkanes) is 1. The highest BCUT2D eigenvalue weighted by Crippen LogP contribution is 2.23. The molecule has 0 saturated heterocycles. The predicted octanol–water partition coefficient (Wildman–Crippen LogP) is 2.81. The Morgan fingerprint density at radius 1 is 1.24 bits per heavy atom. The molecule has 0 aliphatic heterocycles. The van der Waals surface area contributed by atoms with Gasteiger partial charge in [0.2, 0.25) is 10.0 Å². The standard InChI is InChI=1S/C12H16ClF3N2O2S/c13-10-7-9(8-17)3-4-11(10)21(19,20)18-6-2-1-5-12(14,15)16/h3-4,7,18H,1-2,5-6,8,17H2. The fourth-order valence-electron chi connectivity index (χ4n) is 1.62. The molecule has 3 N–H and O–H groups in total. The molecule has 0 spiro atoms. The first-order valence-electron chi connectivity index (χ1n) is 6.20. The molecule has 0 aliphatic carbocycles. The lowest BCUT2D eigenvalue weighted by Gasteiger charge is -2.10. The molecule has 1 aromatic rings. The lowest BCUT2D eigenvalue weighted by molar-refractivity contribution is -0.135. The minimum absolute atomic E-state index is 0.0285. The number of halogens is 4. The molecular weight excluding hydrogens is 329 g/mol. The zero-order valence-electron chi connectivity index (χ0n) is 11.1. The van der Waals surface area contributed by atoms with Crippen molar-refractivity contribution < 1.29 is 21.6 Å². The van der Waals surface area contributed by atoms with Crippen LogP contribution in [0.25, 0.3) is 0 Å². The minimum atomic E-state index is -4.22. The molecule has 1 rings (SSSR count). The van der Waals surface area contributed by atoms with Crippen LogP contribution in [0, 0.1) is 0 Å². The lowest BCUT2D eigenvalue weighted by Crippen LogP contribution is -2.25. The first-order chi connectivity index (χ1) is 9.65. The molecule has 0 aliphatic rings. The minimum Gasteiger partial charge on any atom is -0.326 e. The Morgan fingerprint density at radius 2 is 1.90 bits per heavy atom. The molecule has 0 saturated carbocycles. The Balaban J connectivity index is 2.58. The zero-order chi connectivity index (χ0) is 16.1. The van der Waals surface area contributed by atoms with Gasteiger partial charge < -0.3 is 5.73 Å². The van der Waals surface area contributed by atoms with Gasteiger partial charge in [-0.25, -0.2) is 13.1 Å². The van der Waals surface area contributed by atoms with E-state index in [1.807, 2.05) is 0 Å². The van der Waals surface area contributed by atoms with Crippen molar-refractivity contribution >= 4 is 21.6 Å². The fourth-order valence-corrected chi connectivity index (χ4v) is 3.26. The highest BCUT2D eigenvalue weighted by atomic mass is 35.5. The van der Waals surface area contributed by atoms with Crippen LogP contribution in [0.2, 0.25) is 5.02 Å². The number of rotatable bonds is 7. The predicted molar refractivity (Wildman–Crippen MR) is 74.4 cm³/mol. The number of nitrogens with two attached hydrogens (primary N) is 1. The van der Waals surface area contributed by atoms with E-state index in [2.05, 4.69) is 4.72 Å². The van der Waals surface area contributed by atoms with Crippen LogP contribution in [0.4, 0.5) is 13.2 Å². The average molecular weight is 345 g/mol. The smallest absolute Gasteiger partial charge is 0.326 e. The third kappa shape index (κ3) is 6.21. The van der Waals surface area contributed by atoms with E-state index in [0.717, 1.165) is 0 Å². The summed E-state index contributed by atoms with van der Waals surface area (Å²) in [6, 6.07) is 4.30. The fraction of sp³-hybridized carbons (Fsp3) is 0.500. The summed E-state index contributed by atoms with van der Waals surface area (Å²) in [5.74, 6) is 0. The Morgan fingerprint density at radius 3 is 2.43 bits per heavy atom. The van der Waals surface area contributed by atoms with Gasteiger partial charge in [0.05, 0.1) is 5.02 Å². The third-order valence-electron chi connectivity index (χ3n) is 2.70. The molecule has 9 heteroatoms. The Bertz CT molecular complexity index is 576. The quantitative estimate of drug-likeness (QED) is 0.747. The molecule has 21 heavy (non-hydrogen) atoms. The maximum absolute atomic E-state index is 12.0. The normalized spacial score (nSPS) is 12.6. The van der Waals surface area contributed by atoms with Crippen LogP contribution in [-0.4, -0.2) is 21.1 Å². The number of alkyl halides is 3. The molecule has 0 amide bonds. The van der Waals surface area contributed by atoms with Crippen LogP contribution < -0.4 is 10.5 Å². The van der Waals surface area contributed by atoms with Crippen molar-refractivity contribution in [1.29, 1.82) is 0 Å². The first kappa shape index (κ1) is 18.2. The number of benzene rings is 1. The van der Waals surface area contributed by atoms with E-state index < -0.39 is 22.6 Å². The number of nitrogens with one attached hydrogen (secondary N) is 1. The van der Waals surface area contributed by atoms with Crippen LogP contribution in [0.1, 0.15) is 24.8 Å². The van der Waals surface area contributed by atoms with E-state index in [9.17, 15) is 21.6 Å². The Hall–Kier alpha value is -0.830. The zero-order valence-corrected chi connectivity index (χ0v) is 12.7. The number of sulfonamides is 1. The van der Waals surface area contributed by atoms with Crippen LogP contribution in [0.3, 0.4) is 0 Å². The van der Waals surface area contributed by atoms with Gasteiger partial charge >= 0.3 is 6.18 Å². The van der Waals surface area contributed by atoms with Crippen LogP contribution in [-0.2, 0) is 16.6 Å². The summed E-state index contributed by atoms with van der Waals surface area (Å²) in [6.07, 6.45) is -5.19. The molecule has 0 fully saturated rings. The van der Waals surface area contributed by atoms with E-state index in [4.69, 9.17) is 17.3 Å². The molecule has 0 heterocycles. The molecule has 0 unspecified atom stereocenters. The van der Waals surface area contributed by atoms with Crippen molar-refractivity contribution in [1.82, 2.24) is 4.72 Å². The number of hydrogen-bond acceptors (Lipinski definition) is 3. The van der Waals surface area contributed by atoms with E-state index in [-0.39, 0.29) is 35.8 Å². The van der Waals surface area contributed by atoms with Gasteiger partial charge in [0.15, 0.2) is 0 Å². The highest BCUT2D eigenvalue weighted by molar-refractivity contribution is 7.89. The van der Waals surface area contributed by atoms with Crippen LogP contribution in [0.5, 0.6) is 0 Å². The van der Waals surface area contributed by atoms with E-state index >= 15 is 0 Å². The maximum Gasteiger partial charge on any atom is 0.389 e. The Kier molecular flexibility index (Phi) is 6.45. The summed E-state index contributed by atoms with van der Waals surface area (Å²) < 4.78 is 62.0. The van der Waals surface area contributed by atoms with Crippen molar-refractivity contribution in [2.75, 3.05) is 6.54 Å². The van der Waals surface area contributed by atoms with Crippen molar-refractivity contribution in [3.8, 4) is 0 Å². The summed E-state index contributed by atoms with van der Waals surface area (Å²) in [5, 5.41) is 0.0285. The second kappa shape index (κ2) is 7.44. The SMILES string of the molecule is NCc1ccc(S(=O)(=O)NCCCCC(F)(F)F)c(Cl)c1. The third-order valence-corrected chi connectivity index (χ3v) is 4.64. The van der Waals surface area contributed by atoms with Gasteiger partial charge in [-0.05, 0) is 30.5 Å². The van der Waals surface area contributed by atoms with Gasteiger partial charge in [0, 0.05) is 19.5 Å². The molecule has 4 nitrogen and oxygen atoms in total. The second-order valence-electron chi connectivity index (χ2n) is 4.44. The van der Waals surface area contributed by atoms with Crippen LogP contribution in [0.15, 0.2) is 23.1 Å². The summed E-state index contributed by atoms with van der Waals surface area (Å²) in [4.78, 5) is -0.114. The molecule has 120 valence electrons. The summed E-state index contributed by atoms with van der Waals surface area (Å²) >= 11 is 5.87. The van der Waals surface area contributed by atoms with Crippen LogP contribution >= 0.6 is 11.6 Å². The first-order valence-corrected chi connectivity index (χ1v) is 8.07. The summed E-state index contributed by atoms with van der Waals surface area (Å²) in [6.45, 7) is 0.151. The highest BCUT2D eigenvalue weighted by Gasteiger charge is 2.26. The maximum atomic E-state index is 12.0. The van der Waals surface area contributed by atoms with E-state index in [1.165, 1.54) is 18.2 Å². The molecular formula is C12H16ClF3N2O2S. The Labute approximate surface area is 126 Å². The second-order valence-corrected chi connectivity index (χ2v) is 6.58. The summed E-state index contributed by atoms with van der Waals surface area (Å²) in [5.41, 5.74) is 6.10.